The molecule has 1 aliphatic carbocycles. The molecule has 0 atom stereocenters. The Balaban J connectivity index is 2.24. The third kappa shape index (κ3) is 3.56. The van der Waals surface area contributed by atoms with Crippen molar-refractivity contribution in [1.29, 1.82) is 5.26 Å². The quantitative estimate of drug-likeness (QED) is 0.646. The molecular formula is C16H23N3OS. The summed E-state index contributed by atoms with van der Waals surface area (Å²) < 4.78 is 0. The van der Waals surface area contributed by atoms with E-state index < -0.39 is 0 Å². The summed E-state index contributed by atoms with van der Waals surface area (Å²) in [5.41, 5.74) is 6.80. The number of Topliss-reactive ketones (excluding diaryl/α,β-unsaturated/α-hetero) is 1. The second-order valence-electron chi connectivity index (χ2n) is 6.01. The molecule has 0 unspecified atom stereocenters. The molecule has 5 heteroatoms. The number of nitriles is 1. The molecule has 0 aromatic carbocycles. The van der Waals surface area contributed by atoms with Crippen LogP contribution >= 0.6 is 11.3 Å². The Labute approximate surface area is 130 Å². The van der Waals surface area contributed by atoms with E-state index in [0.717, 1.165) is 17.8 Å². The first-order valence-corrected chi connectivity index (χ1v) is 8.49. The van der Waals surface area contributed by atoms with E-state index in [9.17, 15) is 10.1 Å². The number of hydrogen-bond donors (Lipinski definition) is 2. The summed E-state index contributed by atoms with van der Waals surface area (Å²) in [5.74, 6) is -0.0915. The number of nitrogen functional groups attached to an aromatic ring is 1. The molecule has 0 spiro atoms. The van der Waals surface area contributed by atoms with Crippen molar-refractivity contribution in [3.63, 3.8) is 0 Å². The maximum atomic E-state index is 12.2. The lowest BCUT2D eigenvalue weighted by Gasteiger charge is -2.16. The van der Waals surface area contributed by atoms with Crippen molar-refractivity contribution in [3.05, 3.63) is 10.4 Å². The van der Waals surface area contributed by atoms with Crippen molar-refractivity contribution >= 4 is 27.8 Å². The van der Waals surface area contributed by atoms with Crippen LogP contribution in [0.4, 0.5) is 10.7 Å². The van der Waals surface area contributed by atoms with Gasteiger partial charge in [-0.2, -0.15) is 5.26 Å². The highest BCUT2D eigenvalue weighted by molar-refractivity contribution is 7.19. The van der Waals surface area contributed by atoms with Crippen molar-refractivity contribution < 1.29 is 4.79 Å². The van der Waals surface area contributed by atoms with E-state index in [2.05, 4.69) is 11.4 Å². The van der Waals surface area contributed by atoms with Crippen LogP contribution in [0.25, 0.3) is 0 Å². The van der Waals surface area contributed by atoms with Gasteiger partial charge in [-0.15, -0.1) is 11.3 Å². The van der Waals surface area contributed by atoms with Crippen molar-refractivity contribution in [3.8, 4) is 6.07 Å². The maximum absolute atomic E-state index is 12.2. The van der Waals surface area contributed by atoms with Gasteiger partial charge in [-0.1, -0.05) is 39.5 Å². The second kappa shape index (κ2) is 6.95. The molecule has 21 heavy (non-hydrogen) atoms. The van der Waals surface area contributed by atoms with Crippen molar-refractivity contribution in [2.75, 3.05) is 11.1 Å². The van der Waals surface area contributed by atoms with Crippen LogP contribution in [0.1, 0.15) is 67.6 Å². The second-order valence-corrected chi connectivity index (χ2v) is 7.03. The molecule has 2 rings (SSSR count). The van der Waals surface area contributed by atoms with E-state index >= 15 is 0 Å². The number of anilines is 2. The van der Waals surface area contributed by atoms with Crippen LogP contribution in [-0.2, 0) is 0 Å². The van der Waals surface area contributed by atoms with E-state index in [4.69, 9.17) is 5.73 Å². The maximum Gasteiger partial charge on any atom is 0.177 e. The van der Waals surface area contributed by atoms with Crippen LogP contribution in [0.15, 0.2) is 0 Å². The molecular weight excluding hydrogens is 282 g/mol. The highest BCUT2D eigenvalue weighted by Gasteiger charge is 2.24. The average molecular weight is 305 g/mol. The number of ketones is 1. The van der Waals surface area contributed by atoms with E-state index in [-0.39, 0.29) is 11.7 Å². The van der Waals surface area contributed by atoms with Crippen LogP contribution in [0.2, 0.25) is 0 Å². The Hall–Kier alpha value is -1.54. The molecule has 0 amide bonds. The third-order valence-electron chi connectivity index (χ3n) is 4.00. The lowest BCUT2D eigenvalue weighted by Crippen LogP contribution is -2.18. The summed E-state index contributed by atoms with van der Waals surface area (Å²) in [5, 5.41) is 13.6. The van der Waals surface area contributed by atoms with Crippen LogP contribution in [0.3, 0.4) is 0 Å². The predicted octanol–water partition coefficient (Wildman–Crippen LogP) is 4.18. The monoisotopic (exact) mass is 305 g/mol. The average Bonchev–Trinajstić information content (AvgIpc) is 2.64. The molecule has 1 aromatic rings. The normalized spacial score (nSPS) is 16.5. The van der Waals surface area contributed by atoms with Gasteiger partial charge in [0.1, 0.15) is 16.6 Å². The zero-order valence-electron chi connectivity index (χ0n) is 12.7. The van der Waals surface area contributed by atoms with Crippen LogP contribution in [0.5, 0.6) is 0 Å². The zero-order valence-corrected chi connectivity index (χ0v) is 13.6. The van der Waals surface area contributed by atoms with Crippen LogP contribution in [-0.4, -0.2) is 11.8 Å². The van der Waals surface area contributed by atoms with E-state index in [1.165, 1.54) is 37.0 Å². The van der Waals surface area contributed by atoms with E-state index in [0.29, 0.717) is 22.2 Å². The van der Waals surface area contributed by atoms with Gasteiger partial charge in [0, 0.05) is 12.0 Å². The van der Waals surface area contributed by atoms with Gasteiger partial charge in [-0.25, -0.2) is 0 Å². The minimum absolute atomic E-state index is 0.0166. The minimum Gasteiger partial charge on any atom is -0.396 e. The fraction of sp³-hybridized carbons (Fsp3) is 0.625. The summed E-state index contributed by atoms with van der Waals surface area (Å²) in [6.07, 6.45) is 7.25. The fourth-order valence-corrected chi connectivity index (χ4v) is 3.95. The number of carbonyl (C=O) groups excluding carboxylic acids is 1. The van der Waals surface area contributed by atoms with Crippen LogP contribution in [0, 0.1) is 17.2 Å². The summed E-state index contributed by atoms with van der Waals surface area (Å²) in [7, 11) is 0. The lowest BCUT2D eigenvalue weighted by atomic mass is 10.1. The molecule has 0 saturated heterocycles. The standard InChI is InChI=1S/C16H23N3OS/c1-10(2)14(20)15-13(18)12(9-17)16(21-15)19-11-7-5-3-4-6-8-11/h10-11,19H,3-8,18H2,1-2H3. The topological polar surface area (TPSA) is 78.9 Å². The van der Waals surface area contributed by atoms with Gasteiger partial charge in [0.2, 0.25) is 0 Å². The van der Waals surface area contributed by atoms with Gasteiger partial charge in [0.05, 0.1) is 10.6 Å². The zero-order chi connectivity index (χ0) is 15.4. The number of nitrogens with one attached hydrogen (secondary N) is 1. The fourth-order valence-electron chi connectivity index (χ4n) is 2.71. The minimum atomic E-state index is -0.108. The molecule has 4 nitrogen and oxygen atoms in total. The van der Waals surface area contributed by atoms with Crippen molar-refractivity contribution in [2.45, 2.75) is 58.4 Å². The largest absolute Gasteiger partial charge is 0.396 e. The summed E-state index contributed by atoms with van der Waals surface area (Å²) in [4.78, 5) is 12.7. The number of thiophene rings is 1. The molecule has 0 aliphatic heterocycles. The number of carbonyl (C=O) groups is 1. The molecule has 1 saturated carbocycles. The number of nitrogens with zero attached hydrogens (tertiary/aromatic N) is 1. The Morgan fingerprint density at radius 1 is 1.33 bits per heavy atom. The Kier molecular flexibility index (Phi) is 5.24. The van der Waals surface area contributed by atoms with Gasteiger partial charge in [-0.05, 0) is 12.8 Å². The van der Waals surface area contributed by atoms with Crippen molar-refractivity contribution in [2.24, 2.45) is 5.92 Å². The predicted molar refractivity (Wildman–Crippen MR) is 87.7 cm³/mol. The third-order valence-corrected chi connectivity index (χ3v) is 5.15. The van der Waals surface area contributed by atoms with Gasteiger partial charge < -0.3 is 11.1 Å². The molecule has 0 radical (unpaired) electrons. The van der Waals surface area contributed by atoms with Gasteiger partial charge >= 0.3 is 0 Å². The number of hydrogen-bond acceptors (Lipinski definition) is 5. The summed E-state index contributed by atoms with van der Waals surface area (Å²) in [6.45, 7) is 3.71. The molecule has 114 valence electrons. The highest BCUT2D eigenvalue weighted by atomic mass is 32.1. The number of rotatable bonds is 4. The lowest BCUT2D eigenvalue weighted by molar-refractivity contribution is 0.0944. The Morgan fingerprint density at radius 3 is 2.48 bits per heavy atom. The summed E-state index contributed by atoms with van der Waals surface area (Å²) in [6, 6.07) is 2.54. The van der Waals surface area contributed by atoms with E-state index in [1.54, 1.807) is 0 Å². The first kappa shape index (κ1) is 15.8. The first-order valence-electron chi connectivity index (χ1n) is 7.67. The highest BCUT2D eigenvalue weighted by Crippen LogP contribution is 2.37. The first-order chi connectivity index (χ1) is 10.0. The van der Waals surface area contributed by atoms with E-state index in [1.807, 2.05) is 13.8 Å². The summed E-state index contributed by atoms with van der Waals surface area (Å²) >= 11 is 1.34. The molecule has 3 N–H and O–H groups in total. The smallest absolute Gasteiger partial charge is 0.177 e. The Bertz CT molecular complexity index is 549. The number of nitrogens with two attached hydrogens (primary N) is 1. The molecule has 1 fully saturated rings. The molecule has 1 aliphatic rings. The SMILES string of the molecule is CC(C)C(=O)c1sc(NC2CCCCCC2)c(C#N)c1N. The molecule has 1 heterocycles. The molecule has 0 bridgehead atoms. The van der Waals surface area contributed by atoms with Gasteiger partial charge in [0.25, 0.3) is 0 Å². The Morgan fingerprint density at radius 2 is 1.95 bits per heavy atom. The molecule has 1 aromatic heterocycles. The van der Waals surface area contributed by atoms with Gasteiger partial charge in [0.15, 0.2) is 5.78 Å². The van der Waals surface area contributed by atoms with Gasteiger partial charge in [-0.3, -0.25) is 4.79 Å². The van der Waals surface area contributed by atoms with Crippen molar-refractivity contribution in [1.82, 2.24) is 0 Å². The van der Waals surface area contributed by atoms with Crippen LogP contribution < -0.4 is 11.1 Å².